The Labute approximate surface area is 115 Å². The van der Waals surface area contributed by atoms with Crippen molar-refractivity contribution in [3.05, 3.63) is 98.0 Å². The molecule has 2 nitrogen and oxygen atoms in total. The van der Waals surface area contributed by atoms with Gasteiger partial charge < -0.3 is 5.73 Å². The van der Waals surface area contributed by atoms with Crippen LogP contribution in [-0.4, -0.2) is 6.21 Å². The minimum absolute atomic E-state index is 0.467. The number of rotatable bonds is 8. The third kappa shape index (κ3) is 7.34. The van der Waals surface area contributed by atoms with E-state index in [4.69, 9.17) is 5.73 Å². The molecule has 19 heavy (non-hydrogen) atoms. The van der Waals surface area contributed by atoms with Crippen molar-refractivity contribution in [3.63, 3.8) is 0 Å². The van der Waals surface area contributed by atoms with Crippen LogP contribution in [0, 0.1) is 0 Å². The fourth-order valence-electron chi connectivity index (χ4n) is 0.945. The summed E-state index contributed by atoms with van der Waals surface area (Å²) in [5.74, 6) is 0. The molecular formula is C17H20N2. The van der Waals surface area contributed by atoms with Crippen LogP contribution >= 0.6 is 0 Å². The molecule has 0 unspecified atom stereocenters. The third-order valence-corrected chi connectivity index (χ3v) is 2.10. The summed E-state index contributed by atoms with van der Waals surface area (Å²) in [6.07, 6.45) is 10.1. The summed E-state index contributed by atoms with van der Waals surface area (Å²) in [7, 11) is 0. The first kappa shape index (κ1) is 16.4. The summed E-state index contributed by atoms with van der Waals surface area (Å²) in [6.45, 7) is 22.5. The van der Waals surface area contributed by atoms with Gasteiger partial charge in [0.1, 0.15) is 0 Å². The molecule has 0 amide bonds. The lowest BCUT2D eigenvalue weighted by Gasteiger charge is -2.01. The van der Waals surface area contributed by atoms with Gasteiger partial charge in [-0.05, 0) is 22.8 Å². The van der Waals surface area contributed by atoms with E-state index in [-0.39, 0.29) is 0 Å². The summed E-state index contributed by atoms with van der Waals surface area (Å²) in [5, 5.41) is 0. The van der Waals surface area contributed by atoms with E-state index in [1.165, 1.54) is 0 Å². The van der Waals surface area contributed by atoms with Gasteiger partial charge in [0, 0.05) is 11.9 Å². The Bertz CT molecular complexity index is 511. The molecule has 0 rings (SSSR count). The number of hydrogen-bond donors (Lipinski definition) is 1. The van der Waals surface area contributed by atoms with Crippen LogP contribution in [-0.2, 0) is 0 Å². The summed E-state index contributed by atoms with van der Waals surface area (Å²) in [6, 6.07) is 0. The molecule has 0 aromatic rings. The largest absolute Gasteiger partial charge is 0.399 e. The van der Waals surface area contributed by atoms with E-state index in [0.717, 1.165) is 11.1 Å². The topological polar surface area (TPSA) is 38.4 Å². The number of aliphatic imine (C=N–C) groups is 1. The zero-order chi connectivity index (χ0) is 14.8. The molecule has 0 bridgehead atoms. The van der Waals surface area contributed by atoms with Crippen LogP contribution in [0.15, 0.2) is 103 Å². The zero-order valence-electron chi connectivity index (χ0n) is 11.2. The highest BCUT2D eigenvalue weighted by Crippen LogP contribution is 2.13. The average Bonchev–Trinajstić information content (AvgIpc) is 2.38. The van der Waals surface area contributed by atoms with Gasteiger partial charge in [-0.15, -0.1) is 0 Å². The summed E-state index contributed by atoms with van der Waals surface area (Å²) >= 11 is 0. The SMILES string of the molecule is C=CC=NC(=C)C(=C)/C=C\C(=C)C(=C)/C=C\C(=C)N. The predicted octanol–water partition coefficient (Wildman–Crippen LogP) is 4.01. The molecule has 98 valence electrons. The third-order valence-electron chi connectivity index (χ3n) is 2.10. The molecular weight excluding hydrogens is 232 g/mol. The summed E-state index contributed by atoms with van der Waals surface area (Å²) < 4.78 is 0. The van der Waals surface area contributed by atoms with E-state index in [1.54, 1.807) is 36.6 Å². The molecule has 0 saturated heterocycles. The lowest BCUT2D eigenvalue weighted by molar-refractivity contribution is 1.38. The van der Waals surface area contributed by atoms with Gasteiger partial charge in [0.15, 0.2) is 0 Å². The van der Waals surface area contributed by atoms with Crippen LogP contribution in [0.2, 0.25) is 0 Å². The Kier molecular flexibility index (Phi) is 7.31. The Morgan fingerprint density at radius 1 is 0.789 bits per heavy atom. The maximum absolute atomic E-state index is 5.43. The standard InChI is InChI=1S/C17H20N2/c1-7-12-19-17(6)15(4)9-8-13(2)14(3)10-11-16(5)18/h7-12H,1-6,18H2/b9-8-,11-10-,19-12?. The van der Waals surface area contributed by atoms with Gasteiger partial charge >= 0.3 is 0 Å². The van der Waals surface area contributed by atoms with Gasteiger partial charge in [-0.25, -0.2) is 0 Å². The van der Waals surface area contributed by atoms with Crippen LogP contribution in [0.1, 0.15) is 0 Å². The molecule has 0 spiro atoms. The van der Waals surface area contributed by atoms with Crippen molar-refractivity contribution in [2.45, 2.75) is 0 Å². The van der Waals surface area contributed by atoms with Gasteiger partial charge in [-0.1, -0.05) is 63.8 Å². The minimum Gasteiger partial charge on any atom is -0.399 e. The monoisotopic (exact) mass is 252 g/mol. The van der Waals surface area contributed by atoms with Crippen LogP contribution in [0.25, 0.3) is 0 Å². The van der Waals surface area contributed by atoms with Crippen molar-refractivity contribution < 1.29 is 0 Å². The number of nitrogens with two attached hydrogens (primary N) is 1. The Morgan fingerprint density at radius 3 is 1.74 bits per heavy atom. The molecule has 0 radical (unpaired) electrons. The Morgan fingerprint density at radius 2 is 1.26 bits per heavy atom. The van der Waals surface area contributed by atoms with Crippen molar-refractivity contribution in [2.24, 2.45) is 10.7 Å². The van der Waals surface area contributed by atoms with Crippen LogP contribution in [0.3, 0.4) is 0 Å². The van der Waals surface area contributed by atoms with E-state index in [0.29, 0.717) is 17.0 Å². The lowest BCUT2D eigenvalue weighted by atomic mass is 10.1. The van der Waals surface area contributed by atoms with Gasteiger partial charge in [0.05, 0.1) is 5.70 Å². The highest BCUT2D eigenvalue weighted by Gasteiger charge is 1.95. The van der Waals surface area contributed by atoms with Gasteiger partial charge in [0.25, 0.3) is 0 Å². The van der Waals surface area contributed by atoms with Gasteiger partial charge in [-0.3, -0.25) is 4.99 Å². The molecule has 0 aromatic carbocycles. The van der Waals surface area contributed by atoms with Crippen molar-refractivity contribution in [1.82, 2.24) is 0 Å². The maximum Gasteiger partial charge on any atom is 0.0624 e. The maximum atomic E-state index is 5.43. The quantitative estimate of drug-likeness (QED) is 0.514. The molecule has 0 heterocycles. The van der Waals surface area contributed by atoms with Crippen molar-refractivity contribution in [3.8, 4) is 0 Å². The molecule has 0 atom stereocenters. The first-order valence-electron chi connectivity index (χ1n) is 5.60. The fourth-order valence-corrected chi connectivity index (χ4v) is 0.945. The van der Waals surface area contributed by atoms with Crippen LogP contribution in [0.5, 0.6) is 0 Å². The number of allylic oxidation sites excluding steroid dienone is 7. The molecule has 2 N–H and O–H groups in total. The predicted molar refractivity (Wildman–Crippen MR) is 86.9 cm³/mol. The van der Waals surface area contributed by atoms with Gasteiger partial charge in [-0.2, -0.15) is 0 Å². The van der Waals surface area contributed by atoms with E-state index in [9.17, 15) is 0 Å². The van der Waals surface area contributed by atoms with E-state index < -0.39 is 0 Å². The smallest absolute Gasteiger partial charge is 0.0624 e. The van der Waals surface area contributed by atoms with E-state index in [2.05, 4.69) is 44.5 Å². The second-order valence-electron chi connectivity index (χ2n) is 3.78. The zero-order valence-corrected chi connectivity index (χ0v) is 11.2. The highest BCUT2D eigenvalue weighted by molar-refractivity contribution is 5.72. The Balaban J connectivity index is 4.60. The summed E-state index contributed by atoms with van der Waals surface area (Å²) in [5.41, 5.74) is 8.66. The number of hydrogen-bond acceptors (Lipinski definition) is 2. The summed E-state index contributed by atoms with van der Waals surface area (Å²) in [4.78, 5) is 4.04. The molecule has 0 aromatic heterocycles. The second-order valence-corrected chi connectivity index (χ2v) is 3.78. The van der Waals surface area contributed by atoms with E-state index >= 15 is 0 Å². The second kappa shape index (κ2) is 8.48. The van der Waals surface area contributed by atoms with Crippen LogP contribution in [0.4, 0.5) is 0 Å². The molecule has 2 heteroatoms. The van der Waals surface area contributed by atoms with Crippen molar-refractivity contribution >= 4 is 6.21 Å². The minimum atomic E-state index is 0.467. The average molecular weight is 252 g/mol. The first-order chi connectivity index (χ1) is 8.88. The van der Waals surface area contributed by atoms with Crippen LogP contribution < -0.4 is 5.73 Å². The normalized spacial score (nSPS) is 10.9. The number of nitrogens with zero attached hydrogens (tertiary/aromatic N) is 1. The van der Waals surface area contributed by atoms with E-state index in [1.807, 2.05) is 0 Å². The molecule has 0 aliphatic rings. The highest BCUT2D eigenvalue weighted by atomic mass is 14.7. The Hall–Kier alpha value is -2.61. The molecule has 0 aliphatic carbocycles. The lowest BCUT2D eigenvalue weighted by Crippen LogP contribution is -1.89. The van der Waals surface area contributed by atoms with Crippen molar-refractivity contribution in [2.75, 3.05) is 0 Å². The molecule has 0 fully saturated rings. The van der Waals surface area contributed by atoms with Gasteiger partial charge in [0.2, 0.25) is 0 Å². The molecule has 0 saturated carbocycles. The fraction of sp³-hybridized carbons (Fsp3) is 0. The first-order valence-corrected chi connectivity index (χ1v) is 5.60. The van der Waals surface area contributed by atoms with Crippen molar-refractivity contribution in [1.29, 1.82) is 0 Å². The molecule has 0 aliphatic heterocycles.